The molecule has 1 aliphatic rings. The molecule has 0 fully saturated rings. The Morgan fingerprint density at radius 3 is 2.54 bits per heavy atom. The number of halogens is 2. The number of carbonyl (C=O) groups is 3. The highest BCUT2D eigenvalue weighted by atomic mass is 32.2. The van der Waals surface area contributed by atoms with Crippen molar-refractivity contribution in [1.29, 1.82) is 0 Å². The van der Waals surface area contributed by atoms with Crippen molar-refractivity contribution in [2.24, 2.45) is 0 Å². The van der Waals surface area contributed by atoms with Gasteiger partial charge in [0.05, 0.1) is 11.3 Å². The second kappa shape index (κ2) is 8.83. The van der Waals surface area contributed by atoms with Crippen LogP contribution in [0.1, 0.15) is 27.1 Å². The maximum Gasteiger partial charge on any atom is 0.387 e. The normalized spacial score (nSPS) is 13.3. The molecule has 0 radical (unpaired) electrons. The molecular weight excluding hydrogens is 392 g/mol. The summed E-state index contributed by atoms with van der Waals surface area (Å²) in [6.45, 7) is -3.46. The van der Waals surface area contributed by atoms with Gasteiger partial charge in [0.1, 0.15) is 5.75 Å². The summed E-state index contributed by atoms with van der Waals surface area (Å²) in [7, 11) is 0. The van der Waals surface area contributed by atoms with Crippen LogP contribution in [0.3, 0.4) is 0 Å². The SMILES string of the molecule is O=C1CCSc2ccc(C(=O)OCC(=O)c3ccc(OC(F)F)cc3)cc2N1. The van der Waals surface area contributed by atoms with Gasteiger partial charge in [0.15, 0.2) is 12.4 Å². The highest BCUT2D eigenvalue weighted by Crippen LogP contribution is 2.31. The number of ketones is 1. The molecule has 1 amide bonds. The van der Waals surface area contributed by atoms with Crippen LogP contribution >= 0.6 is 11.8 Å². The maximum atomic E-state index is 12.2. The van der Waals surface area contributed by atoms with Crippen LogP contribution in [0.4, 0.5) is 14.5 Å². The third-order valence-electron chi connectivity index (χ3n) is 3.81. The fraction of sp³-hybridized carbons (Fsp3) is 0.211. The molecule has 28 heavy (non-hydrogen) atoms. The first-order chi connectivity index (χ1) is 13.4. The summed E-state index contributed by atoms with van der Waals surface area (Å²) in [5, 5.41) is 2.73. The van der Waals surface area contributed by atoms with Crippen molar-refractivity contribution >= 4 is 35.1 Å². The molecule has 146 valence electrons. The lowest BCUT2D eigenvalue weighted by Crippen LogP contribution is -2.15. The third kappa shape index (κ3) is 5.07. The lowest BCUT2D eigenvalue weighted by molar-refractivity contribution is -0.115. The van der Waals surface area contributed by atoms with E-state index in [1.54, 1.807) is 12.1 Å². The van der Waals surface area contributed by atoms with E-state index in [4.69, 9.17) is 4.74 Å². The molecule has 0 aromatic heterocycles. The summed E-state index contributed by atoms with van der Waals surface area (Å²) in [6, 6.07) is 9.86. The smallest absolute Gasteiger partial charge is 0.387 e. The highest BCUT2D eigenvalue weighted by Gasteiger charge is 2.17. The largest absolute Gasteiger partial charge is 0.454 e. The van der Waals surface area contributed by atoms with E-state index in [9.17, 15) is 23.2 Å². The zero-order valence-electron chi connectivity index (χ0n) is 14.4. The molecule has 0 atom stereocenters. The van der Waals surface area contributed by atoms with Gasteiger partial charge in [-0.05, 0) is 42.5 Å². The number of carbonyl (C=O) groups excluding carboxylic acids is 3. The van der Waals surface area contributed by atoms with Crippen LogP contribution in [-0.4, -0.2) is 36.6 Å². The summed E-state index contributed by atoms with van der Waals surface area (Å²) >= 11 is 1.51. The van der Waals surface area contributed by atoms with Gasteiger partial charge >= 0.3 is 12.6 Å². The van der Waals surface area contributed by atoms with Crippen molar-refractivity contribution < 1.29 is 32.6 Å². The van der Waals surface area contributed by atoms with Crippen LogP contribution < -0.4 is 10.1 Å². The molecule has 1 N–H and O–H groups in total. The number of benzene rings is 2. The number of anilines is 1. The van der Waals surface area contributed by atoms with Gasteiger partial charge in [0.2, 0.25) is 5.91 Å². The highest BCUT2D eigenvalue weighted by molar-refractivity contribution is 7.99. The fourth-order valence-corrected chi connectivity index (χ4v) is 3.40. The molecule has 2 aromatic rings. The van der Waals surface area contributed by atoms with E-state index in [1.165, 1.54) is 42.1 Å². The van der Waals surface area contributed by atoms with Crippen LogP contribution in [0, 0.1) is 0 Å². The van der Waals surface area contributed by atoms with Gasteiger partial charge < -0.3 is 14.8 Å². The van der Waals surface area contributed by atoms with Gasteiger partial charge in [-0.15, -0.1) is 11.8 Å². The van der Waals surface area contributed by atoms with E-state index in [1.807, 2.05) is 0 Å². The average molecular weight is 407 g/mol. The Bertz CT molecular complexity index is 902. The van der Waals surface area contributed by atoms with Gasteiger partial charge in [0.25, 0.3) is 0 Å². The van der Waals surface area contributed by atoms with Crippen molar-refractivity contribution in [3.8, 4) is 5.75 Å². The molecule has 1 heterocycles. The number of thioether (sulfide) groups is 1. The van der Waals surface area contributed by atoms with E-state index in [2.05, 4.69) is 10.1 Å². The number of rotatable bonds is 6. The van der Waals surface area contributed by atoms with Gasteiger partial charge in [0, 0.05) is 22.6 Å². The van der Waals surface area contributed by atoms with Gasteiger partial charge in [-0.1, -0.05) is 0 Å². The van der Waals surface area contributed by atoms with Crippen LogP contribution in [-0.2, 0) is 9.53 Å². The Kier molecular flexibility index (Phi) is 6.25. The number of esters is 1. The minimum atomic E-state index is -2.95. The topological polar surface area (TPSA) is 81.7 Å². The van der Waals surface area contributed by atoms with E-state index in [0.29, 0.717) is 17.9 Å². The molecule has 0 saturated carbocycles. The Labute approximate surface area is 163 Å². The predicted molar refractivity (Wildman–Crippen MR) is 98.1 cm³/mol. The van der Waals surface area contributed by atoms with Crippen LogP contribution in [0.15, 0.2) is 47.4 Å². The lowest BCUT2D eigenvalue weighted by Gasteiger charge is -2.09. The molecule has 9 heteroatoms. The minimum absolute atomic E-state index is 0.0755. The number of amides is 1. The van der Waals surface area contributed by atoms with Crippen LogP contribution in [0.25, 0.3) is 0 Å². The van der Waals surface area contributed by atoms with Gasteiger partial charge in [-0.25, -0.2) is 4.79 Å². The average Bonchev–Trinajstić information content (AvgIpc) is 2.85. The molecule has 6 nitrogen and oxygen atoms in total. The van der Waals surface area contributed by atoms with E-state index in [0.717, 1.165) is 4.90 Å². The monoisotopic (exact) mass is 407 g/mol. The number of fused-ring (bicyclic) bond motifs is 1. The Hall–Kier alpha value is -2.94. The van der Waals surface area contributed by atoms with Crippen LogP contribution in [0.2, 0.25) is 0 Å². The van der Waals surface area contributed by atoms with Crippen LogP contribution in [0.5, 0.6) is 5.75 Å². The van der Waals surface area contributed by atoms with Crippen molar-refractivity contribution in [2.45, 2.75) is 17.9 Å². The molecular formula is C19H15F2NO5S. The summed E-state index contributed by atoms with van der Waals surface area (Å²) < 4.78 is 33.5. The third-order valence-corrected chi connectivity index (χ3v) is 4.89. The molecule has 0 saturated heterocycles. The first-order valence-corrected chi connectivity index (χ1v) is 9.23. The molecule has 2 aromatic carbocycles. The lowest BCUT2D eigenvalue weighted by atomic mass is 10.1. The molecule has 1 aliphatic heterocycles. The summed E-state index contributed by atoms with van der Waals surface area (Å²) in [5.41, 5.74) is 0.929. The van der Waals surface area contributed by atoms with E-state index < -0.39 is 25.0 Å². The predicted octanol–water partition coefficient (Wildman–Crippen LogP) is 3.76. The zero-order chi connectivity index (χ0) is 20.1. The number of hydrogen-bond donors (Lipinski definition) is 1. The van der Waals surface area contributed by atoms with Gasteiger partial charge in [-0.2, -0.15) is 8.78 Å². The molecule has 0 bridgehead atoms. The summed E-state index contributed by atoms with van der Waals surface area (Å²) in [5.74, 6) is -0.759. The molecule has 0 spiro atoms. The van der Waals surface area contributed by atoms with Crippen molar-refractivity contribution in [3.63, 3.8) is 0 Å². The second-order valence-corrected chi connectivity index (χ2v) is 6.90. The van der Waals surface area contributed by atoms with Crippen molar-refractivity contribution in [3.05, 3.63) is 53.6 Å². The number of Topliss-reactive ketones (excluding diaryl/α,β-unsaturated/α-hetero) is 1. The first kappa shape index (κ1) is 19.8. The summed E-state index contributed by atoms with van der Waals surface area (Å²) in [6.07, 6.45) is 0.384. The standard InChI is InChI=1S/C19H15F2NO5S/c20-19(21)27-13-4-1-11(2-5-13)15(23)10-26-18(25)12-3-6-16-14(9-12)22-17(24)7-8-28-16/h1-6,9,19H,7-8,10H2,(H,22,24). The van der Waals surface area contributed by atoms with Crippen molar-refractivity contribution in [2.75, 3.05) is 17.7 Å². The first-order valence-electron chi connectivity index (χ1n) is 8.24. The Morgan fingerprint density at radius 1 is 1.11 bits per heavy atom. The summed E-state index contributed by atoms with van der Waals surface area (Å²) in [4.78, 5) is 36.8. The second-order valence-electron chi connectivity index (χ2n) is 5.76. The minimum Gasteiger partial charge on any atom is -0.454 e. The van der Waals surface area contributed by atoms with Gasteiger partial charge in [-0.3, -0.25) is 9.59 Å². The number of nitrogens with one attached hydrogen (secondary N) is 1. The molecule has 3 rings (SSSR count). The fourth-order valence-electron chi connectivity index (χ4n) is 2.47. The Morgan fingerprint density at radius 2 is 1.82 bits per heavy atom. The molecule has 0 unspecified atom stereocenters. The quantitative estimate of drug-likeness (QED) is 0.580. The number of ether oxygens (including phenoxy) is 2. The van der Waals surface area contributed by atoms with E-state index in [-0.39, 0.29) is 22.8 Å². The zero-order valence-corrected chi connectivity index (χ0v) is 15.3. The van der Waals surface area contributed by atoms with Crippen molar-refractivity contribution in [1.82, 2.24) is 0 Å². The Balaban J connectivity index is 1.60. The van der Waals surface area contributed by atoms with E-state index >= 15 is 0 Å². The number of hydrogen-bond acceptors (Lipinski definition) is 6. The number of alkyl halides is 2. The molecule has 0 aliphatic carbocycles. The maximum absolute atomic E-state index is 12.2.